The van der Waals surface area contributed by atoms with E-state index in [4.69, 9.17) is 5.73 Å². The molecule has 6 heteroatoms. The summed E-state index contributed by atoms with van der Waals surface area (Å²) in [6.07, 6.45) is 1.59. The number of rotatable bonds is 7. The summed E-state index contributed by atoms with van der Waals surface area (Å²) in [6.45, 7) is 4.93. The van der Waals surface area contributed by atoms with Gasteiger partial charge in [-0.3, -0.25) is 9.59 Å². The second-order valence-corrected chi connectivity index (χ2v) is 7.28. The number of likely N-dealkylation sites (tertiary alicyclic amines) is 1. The van der Waals surface area contributed by atoms with Gasteiger partial charge in [0.25, 0.3) is 5.91 Å². The summed E-state index contributed by atoms with van der Waals surface area (Å²) in [5, 5.41) is 2.97. The SMILES string of the molecule is Cc1ccc(SCCNC(=O)C[NH+]2CCC(C(N)=O)CC2)cc1. The van der Waals surface area contributed by atoms with Gasteiger partial charge in [-0.05, 0) is 19.1 Å². The zero-order valence-corrected chi connectivity index (χ0v) is 14.5. The maximum Gasteiger partial charge on any atom is 0.275 e. The number of amides is 2. The van der Waals surface area contributed by atoms with Gasteiger partial charge in [0.15, 0.2) is 6.54 Å². The molecular formula is C17H26N3O2S+. The summed E-state index contributed by atoms with van der Waals surface area (Å²) in [7, 11) is 0. The zero-order valence-electron chi connectivity index (χ0n) is 13.6. The van der Waals surface area contributed by atoms with Gasteiger partial charge in [0.2, 0.25) is 5.91 Å². The Kier molecular flexibility index (Phi) is 6.92. The van der Waals surface area contributed by atoms with E-state index >= 15 is 0 Å². The van der Waals surface area contributed by atoms with Crippen molar-refractivity contribution in [2.45, 2.75) is 24.7 Å². The number of nitrogens with one attached hydrogen (secondary N) is 2. The Labute approximate surface area is 142 Å². The number of carbonyl (C=O) groups excluding carboxylic acids is 2. The van der Waals surface area contributed by atoms with Crippen molar-refractivity contribution in [1.82, 2.24) is 5.32 Å². The molecule has 1 aromatic rings. The van der Waals surface area contributed by atoms with E-state index in [1.54, 1.807) is 11.8 Å². The number of quaternary nitrogens is 1. The Morgan fingerprint density at radius 3 is 2.52 bits per heavy atom. The molecule has 4 N–H and O–H groups in total. The van der Waals surface area contributed by atoms with Gasteiger partial charge in [-0.2, -0.15) is 0 Å². The van der Waals surface area contributed by atoms with Crippen LogP contribution in [0.5, 0.6) is 0 Å². The largest absolute Gasteiger partial charge is 0.369 e. The lowest BCUT2D eigenvalue weighted by molar-refractivity contribution is -0.897. The quantitative estimate of drug-likeness (QED) is 0.484. The second kappa shape index (κ2) is 8.93. The van der Waals surface area contributed by atoms with Crippen LogP contribution in [0.3, 0.4) is 0 Å². The summed E-state index contributed by atoms with van der Waals surface area (Å²) in [4.78, 5) is 25.5. The van der Waals surface area contributed by atoms with E-state index < -0.39 is 0 Å². The number of nitrogens with two attached hydrogens (primary N) is 1. The van der Waals surface area contributed by atoms with Crippen molar-refractivity contribution >= 4 is 23.6 Å². The van der Waals surface area contributed by atoms with Crippen molar-refractivity contribution in [3.8, 4) is 0 Å². The molecular weight excluding hydrogens is 310 g/mol. The van der Waals surface area contributed by atoms with Crippen LogP contribution in [-0.4, -0.2) is 43.7 Å². The number of piperidine rings is 1. The minimum absolute atomic E-state index is 0.00674. The summed E-state index contributed by atoms with van der Waals surface area (Å²) >= 11 is 1.75. The van der Waals surface area contributed by atoms with Gasteiger partial charge in [0, 0.05) is 36.0 Å². The molecule has 1 fully saturated rings. The highest BCUT2D eigenvalue weighted by Crippen LogP contribution is 2.17. The lowest BCUT2D eigenvalue weighted by Gasteiger charge is -2.27. The molecule has 2 amide bonds. The lowest BCUT2D eigenvalue weighted by Crippen LogP contribution is -3.14. The van der Waals surface area contributed by atoms with Crippen LogP contribution in [0, 0.1) is 12.8 Å². The predicted octanol–water partition coefficient (Wildman–Crippen LogP) is -0.0165. The first-order valence-electron chi connectivity index (χ1n) is 8.13. The Morgan fingerprint density at radius 2 is 1.91 bits per heavy atom. The average Bonchev–Trinajstić information content (AvgIpc) is 2.54. The summed E-state index contributed by atoms with van der Waals surface area (Å²) in [5.74, 6) is 0.741. The molecule has 0 unspecified atom stereocenters. The van der Waals surface area contributed by atoms with Crippen molar-refractivity contribution in [1.29, 1.82) is 0 Å². The van der Waals surface area contributed by atoms with Crippen LogP contribution in [0.25, 0.3) is 0 Å². The molecule has 0 radical (unpaired) electrons. The van der Waals surface area contributed by atoms with Crippen LogP contribution < -0.4 is 16.0 Å². The van der Waals surface area contributed by atoms with Crippen molar-refractivity contribution in [2.24, 2.45) is 11.7 Å². The fraction of sp³-hybridized carbons (Fsp3) is 0.529. The van der Waals surface area contributed by atoms with Gasteiger partial charge >= 0.3 is 0 Å². The predicted molar refractivity (Wildman–Crippen MR) is 92.4 cm³/mol. The molecule has 1 aliphatic heterocycles. The molecule has 2 rings (SSSR count). The van der Waals surface area contributed by atoms with E-state index in [0.717, 1.165) is 31.7 Å². The maximum absolute atomic E-state index is 11.9. The molecule has 0 atom stereocenters. The van der Waals surface area contributed by atoms with Gasteiger partial charge in [-0.25, -0.2) is 0 Å². The normalized spacial score (nSPS) is 20.9. The van der Waals surface area contributed by atoms with Gasteiger partial charge < -0.3 is 16.0 Å². The summed E-state index contributed by atoms with van der Waals surface area (Å²) in [6, 6.07) is 8.41. The highest BCUT2D eigenvalue weighted by Gasteiger charge is 2.26. The monoisotopic (exact) mass is 336 g/mol. The fourth-order valence-corrected chi connectivity index (χ4v) is 3.54. The van der Waals surface area contributed by atoms with Gasteiger partial charge in [-0.1, -0.05) is 17.7 Å². The van der Waals surface area contributed by atoms with E-state index in [1.165, 1.54) is 15.4 Å². The highest BCUT2D eigenvalue weighted by molar-refractivity contribution is 7.99. The molecule has 1 saturated heterocycles. The first kappa shape index (κ1) is 17.8. The third kappa shape index (κ3) is 6.23. The van der Waals surface area contributed by atoms with Gasteiger partial charge in [0.1, 0.15) is 0 Å². The van der Waals surface area contributed by atoms with E-state index in [9.17, 15) is 9.59 Å². The number of hydrogen-bond donors (Lipinski definition) is 3. The maximum atomic E-state index is 11.9. The lowest BCUT2D eigenvalue weighted by atomic mass is 9.96. The molecule has 0 saturated carbocycles. The van der Waals surface area contributed by atoms with E-state index in [1.807, 2.05) is 0 Å². The topological polar surface area (TPSA) is 76.6 Å². The van der Waals surface area contributed by atoms with Gasteiger partial charge in [-0.15, -0.1) is 11.8 Å². The molecule has 0 bridgehead atoms. The molecule has 0 aromatic heterocycles. The number of thioether (sulfide) groups is 1. The Balaban J connectivity index is 1.58. The van der Waals surface area contributed by atoms with Crippen molar-refractivity contribution in [2.75, 3.05) is 31.9 Å². The Morgan fingerprint density at radius 1 is 1.26 bits per heavy atom. The number of aryl methyl sites for hydroxylation is 1. The molecule has 23 heavy (non-hydrogen) atoms. The van der Waals surface area contributed by atoms with Crippen LogP contribution in [-0.2, 0) is 9.59 Å². The third-order valence-electron chi connectivity index (χ3n) is 4.22. The molecule has 0 aliphatic carbocycles. The number of benzene rings is 1. The Hall–Kier alpha value is -1.53. The van der Waals surface area contributed by atoms with E-state index in [2.05, 4.69) is 36.5 Å². The average molecular weight is 336 g/mol. The van der Waals surface area contributed by atoms with Crippen LogP contribution in [0.4, 0.5) is 0 Å². The molecule has 1 aromatic carbocycles. The van der Waals surface area contributed by atoms with Crippen molar-refractivity contribution in [3.63, 3.8) is 0 Å². The first-order valence-corrected chi connectivity index (χ1v) is 9.12. The highest BCUT2D eigenvalue weighted by atomic mass is 32.2. The van der Waals surface area contributed by atoms with E-state index in [-0.39, 0.29) is 17.7 Å². The first-order chi connectivity index (χ1) is 11.0. The number of primary amides is 1. The number of hydrogen-bond acceptors (Lipinski definition) is 3. The zero-order chi connectivity index (χ0) is 16.7. The smallest absolute Gasteiger partial charge is 0.275 e. The standard InChI is InChI=1S/C17H25N3O2S/c1-13-2-4-15(5-3-13)23-11-8-19-16(21)12-20-9-6-14(7-10-20)17(18)22/h2-5,14H,6-12H2,1H3,(H2,18,22)(H,19,21)/p+1. The molecule has 1 heterocycles. The fourth-order valence-electron chi connectivity index (χ4n) is 2.77. The van der Waals surface area contributed by atoms with Crippen LogP contribution in [0.15, 0.2) is 29.2 Å². The Bertz CT molecular complexity index is 525. The second-order valence-electron chi connectivity index (χ2n) is 6.11. The molecule has 1 aliphatic rings. The molecule has 0 spiro atoms. The minimum atomic E-state index is -0.207. The van der Waals surface area contributed by atoms with Crippen molar-refractivity contribution in [3.05, 3.63) is 29.8 Å². The van der Waals surface area contributed by atoms with Crippen molar-refractivity contribution < 1.29 is 14.5 Å². The van der Waals surface area contributed by atoms with E-state index in [0.29, 0.717) is 13.1 Å². The number of carbonyl (C=O) groups is 2. The van der Waals surface area contributed by atoms with Crippen LogP contribution >= 0.6 is 11.8 Å². The molecule has 126 valence electrons. The van der Waals surface area contributed by atoms with Gasteiger partial charge in [0.05, 0.1) is 13.1 Å². The van der Waals surface area contributed by atoms with Crippen LogP contribution in [0.1, 0.15) is 18.4 Å². The summed E-state index contributed by atoms with van der Waals surface area (Å²) in [5.41, 5.74) is 6.58. The van der Waals surface area contributed by atoms with Crippen LogP contribution in [0.2, 0.25) is 0 Å². The molecule has 5 nitrogen and oxygen atoms in total. The minimum Gasteiger partial charge on any atom is -0.369 e. The third-order valence-corrected chi connectivity index (χ3v) is 5.23. The summed E-state index contributed by atoms with van der Waals surface area (Å²) < 4.78 is 0.